The third-order valence-electron chi connectivity index (χ3n) is 4.13. The van der Waals surface area contributed by atoms with Gasteiger partial charge in [-0.25, -0.2) is 9.67 Å². The molecule has 126 valence electrons. The first-order valence-electron chi connectivity index (χ1n) is 8.03. The molecule has 0 bridgehead atoms. The maximum Gasteiger partial charge on any atom is 0.252 e. The number of hydrogen-bond donors (Lipinski definition) is 2. The molecule has 2 heterocycles. The van der Waals surface area contributed by atoms with E-state index < -0.39 is 5.60 Å². The lowest BCUT2D eigenvalue weighted by Crippen LogP contribution is -2.44. The summed E-state index contributed by atoms with van der Waals surface area (Å²) in [6.07, 6.45) is 3.28. The second-order valence-corrected chi connectivity index (χ2v) is 7.05. The van der Waals surface area contributed by atoms with E-state index in [4.69, 9.17) is 0 Å². The first kappa shape index (κ1) is 17.4. The summed E-state index contributed by atoms with van der Waals surface area (Å²) in [6.45, 7) is 10.8. The van der Waals surface area contributed by atoms with Gasteiger partial charge in [0.25, 0.3) is 5.91 Å². The summed E-state index contributed by atoms with van der Waals surface area (Å²) in [7, 11) is 0. The number of amides is 1. The summed E-state index contributed by atoms with van der Waals surface area (Å²) in [5.41, 5.74) is 0.320. The third-order valence-corrected chi connectivity index (χ3v) is 4.13. The van der Waals surface area contributed by atoms with E-state index in [0.29, 0.717) is 11.5 Å². The number of nitrogens with zero attached hydrogens (tertiary/aromatic N) is 3. The van der Waals surface area contributed by atoms with Crippen molar-refractivity contribution in [2.45, 2.75) is 46.8 Å². The number of aliphatic hydroxyl groups is 1. The first-order valence-corrected chi connectivity index (χ1v) is 8.03. The molecule has 2 rings (SSSR count). The van der Waals surface area contributed by atoms with E-state index in [-0.39, 0.29) is 18.4 Å². The fourth-order valence-corrected chi connectivity index (χ4v) is 2.14. The van der Waals surface area contributed by atoms with Gasteiger partial charge in [-0.1, -0.05) is 27.7 Å². The molecule has 6 nitrogen and oxygen atoms in total. The molecule has 0 saturated heterocycles. The van der Waals surface area contributed by atoms with Crippen molar-refractivity contribution < 1.29 is 9.90 Å². The van der Waals surface area contributed by atoms with Crippen molar-refractivity contribution in [3.63, 3.8) is 0 Å². The zero-order valence-electron chi connectivity index (χ0n) is 14.5. The van der Waals surface area contributed by atoms with Crippen LogP contribution in [0.1, 0.15) is 45.0 Å². The molecular formula is C17H26N4O2. The third kappa shape index (κ3) is 4.07. The van der Waals surface area contributed by atoms with Crippen LogP contribution in [0, 0.1) is 11.8 Å². The maximum absolute atomic E-state index is 12.3. The van der Waals surface area contributed by atoms with Crippen LogP contribution in [0.4, 0.5) is 0 Å². The number of hydrogen-bond acceptors (Lipinski definition) is 4. The average molecular weight is 318 g/mol. The standard InChI is InChI=1S/C17H26N4O2/c1-11(2)9-21-15-13(8-20-21)6-14(7-18-15)16(22)19-10-17(5,23)12(3)4/h6-8,11-12,23H,9-10H2,1-5H3,(H,19,22). The second-order valence-electron chi connectivity index (χ2n) is 7.05. The van der Waals surface area contributed by atoms with Gasteiger partial charge in [0.15, 0.2) is 5.65 Å². The van der Waals surface area contributed by atoms with Crippen LogP contribution in [0.2, 0.25) is 0 Å². The van der Waals surface area contributed by atoms with E-state index in [2.05, 4.69) is 29.2 Å². The van der Waals surface area contributed by atoms with Gasteiger partial charge in [-0.05, 0) is 24.8 Å². The second kappa shape index (κ2) is 6.66. The fraction of sp³-hybridized carbons (Fsp3) is 0.588. The van der Waals surface area contributed by atoms with Crippen LogP contribution >= 0.6 is 0 Å². The summed E-state index contributed by atoms with van der Waals surface area (Å²) in [4.78, 5) is 16.6. The van der Waals surface area contributed by atoms with Crippen LogP contribution in [0.25, 0.3) is 11.0 Å². The minimum atomic E-state index is -0.935. The highest BCUT2D eigenvalue weighted by Crippen LogP contribution is 2.16. The van der Waals surface area contributed by atoms with E-state index >= 15 is 0 Å². The Balaban J connectivity index is 2.13. The van der Waals surface area contributed by atoms with Gasteiger partial charge < -0.3 is 10.4 Å². The molecule has 0 fully saturated rings. The lowest BCUT2D eigenvalue weighted by atomic mass is 9.92. The van der Waals surface area contributed by atoms with Crippen molar-refractivity contribution in [2.75, 3.05) is 6.54 Å². The van der Waals surface area contributed by atoms with E-state index in [0.717, 1.165) is 17.6 Å². The molecule has 0 spiro atoms. The van der Waals surface area contributed by atoms with Crippen molar-refractivity contribution in [1.29, 1.82) is 0 Å². The van der Waals surface area contributed by atoms with Crippen LogP contribution in [0.3, 0.4) is 0 Å². The fourth-order valence-electron chi connectivity index (χ4n) is 2.14. The van der Waals surface area contributed by atoms with E-state index in [1.165, 1.54) is 0 Å². The summed E-state index contributed by atoms with van der Waals surface area (Å²) < 4.78 is 1.85. The molecule has 1 amide bonds. The van der Waals surface area contributed by atoms with Crippen molar-refractivity contribution in [3.05, 3.63) is 24.0 Å². The minimum absolute atomic E-state index is 0.0534. The van der Waals surface area contributed by atoms with Gasteiger partial charge in [-0.2, -0.15) is 5.10 Å². The zero-order valence-corrected chi connectivity index (χ0v) is 14.5. The Labute approximate surface area is 136 Å². The van der Waals surface area contributed by atoms with Crippen LogP contribution in [-0.2, 0) is 6.54 Å². The highest BCUT2D eigenvalue weighted by atomic mass is 16.3. The monoisotopic (exact) mass is 318 g/mol. The lowest BCUT2D eigenvalue weighted by Gasteiger charge is -2.27. The van der Waals surface area contributed by atoms with Crippen LogP contribution < -0.4 is 5.32 Å². The maximum atomic E-state index is 12.3. The Kier molecular flexibility index (Phi) is 5.04. The van der Waals surface area contributed by atoms with Gasteiger partial charge in [-0.3, -0.25) is 4.79 Å². The molecule has 0 aliphatic carbocycles. The number of carbonyl (C=O) groups excluding carboxylic acids is 1. The molecule has 2 aromatic heterocycles. The quantitative estimate of drug-likeness (QED) is 0.856. The highest BCUT2D eigenvalue weighted by molar-refractivity contribution is 5.96. The highest BCUT2D eigenvalue weighted by Gasteiger charge is 2.25. The molecule has 0 aromatic carbocycles. The van der Waals surface area contributed by atoms with Gasteiger partial charge in [0, 0.05) is 24.7 Å². The Hall–Kier alpha value is -1.95. The Bertz CT molecular complexity index is 689. The number of rotatable bonds is 6. The van der Waals surface area contributed by atoms with Gasteiger partial charge in [-0.15, -0.1) is 0 Å². The smallest absolute Gasteiger partial charge is 0.252 e. The molecule has 0 aliphatic heterocycles. The normalized spacial score (nSPS) is 14.4. The molecule has 0 saturated carbocycles. The van der Waals surface area contributed by atoms with Crippen molar-refractivity contribution in [3.8, 4) is 0 Å². The summed E-state index contributed by atoms with van der Waals surface area (Å²) in [5, 5.41) is 18.1. The molecule has 0 aliphatic rings. The number of carbonyl (C=O) groups is 1. The molecule has 0 radical (unpaired) electrons. The van der Waals surface area contributed by atoms with Gasteiger partial charge in [0.2, 0.25) is 0 Å². The van der Waals surface area contributed by atoms with Crippen molar-refractivity contribution >= 4 is 16.9 Å². The molecule has 1 atom stereocenters. The Morgan fingerprint density at radius 2 is 2.04 bits per heavy atom. The van der Waals surface area contributed by atoms with Gasteiger partial charge in [0.1, 0.15) is 0 Å². The zero-order chi connectivity index (χ0) is 17.2. The number of nitrogens with one attached hydrogen (secondary N) is 1. The van der Waals surface area contributed by atoms with Crippen LogP contribution in [0.5, 0.6) is 0 Å². The molecular weight excluding hydrogens is 292 g/mol. The topological polar surface area (TPSA) is 80.0 Å². The predicted molar refractivity (Wildman–Crippen MR) is 90.2 cm³/mol. The van der Waals surface area contributed by atoms with Crippen molar-refractivity contribution in [2.24, 2.45) is 11.8 Å². The van der Waals surface area contributed by atoms with Crippen LogP contribution in [-0.4, -0.2) is 37.9 Å². The Morgan fingerprint density at radius 3 is 2.65 bits per heavy atom. The summed E-state index contributed by atoms with van der Waals surface area (Å²) in [6, 6.07) is 1.78. The molecule has 1 unspecified atom stereocenters. The lowest BCUT2D eigenvalue weighted by molar-refractivity contribution is 0.0142. The summed E-state index contributed by atoms with van der Waals surface area (Å²) in [5.74, 6) is 0.288. The van der Waals surface area contributed by atoms with Crippen molar-refractivity contribution in [1.82, 2.24) is 20.1 Å². The number of fused-ring (bicyclic) bond motifs is 1. The van der Waals surface area contributed by atoms with Gasteiger partial charge >= 0.3 is 0 Å². The Morgan fingerprint density at radius 1 is 1.35 bits per heavy atom. The summed E-state index contributed by atoms with van der Waals surface area (Å²) >= 11 is 0. The largest absolute Gasteiger partial charge is 0.388 e. The SMILES string of the molecule is CC(C)Cn1ncc2cc(C(=O)NCC(C)(O)C(C)C)cnc21. The molecule has 2 aromatic rings. The first-order chi connectivity index (χ1) is 10.7. The van der Waals surface area contributed by atoms with E-state index in [9.17, 15) is 9.90 Å². The molecule has 2 N–H and O–H groups in total. The minimum Gasteiger partial charge on any atom is -0.388 e. The number of pyridine rings is 1. The van der Waals surface area contributed by atoms with E-state index in [1.54, 1.807) is 25.4 Å². The predicted octanol–water partition coefficient (Wildman–Crippen LogP) is 2.22. The average Bonchev–Trinajstić information content (AvgIpc) is 2.86. The van der Waals surface area contributed by atoms with Crippen LogP contribution in [0.15, 0.2) is 18.5 Å². The van der Waals surface area contributed by atoms with Gasteiger partial charge in [0.05, 0.1) is 17.4 Å². The molecule has 6 heteroatoms. The number of aromatic nitrogens is 3. The van der Waals surface area contributed by atoms with E-state index in [1.807, 2.05) is 18.5 Å². The molecule has 23 heavy (non-hydrogen) atoms.